The van der Waals surface area contributed by atoms with Crippen molar-refractivity contribution in [1.82, 2.24) is 19.1 Å². The van der Waals surface area contributed by atoms with Crippen LogP contribution in [0.1, 0.15) is 38.9 Å². The number of benzene rings is 1. The molecule has 11 nitrogen and oxygen atoms in total. The van der Waals surface area contributed by atoms with E-state index in [-0.39, 0.29) is 66.5 Å². The first-order valence-electron chi connectivity index (χ1n) is 12.9. The van der Waals surface area contributed by atoms with Crippen LogP contribution in [0.4, 0.5) is 24.7 Å². The molecule has 1 amide bonds. The highest BCUT2D eigenvalue weighted by molar-refractivity contribution is 7.89. The summed E-state index contributed by atoms with van der Waals surface area (Å²) < 4.78 is 74.2. The molecule has 3 aromatic rings. The van der Waals surface area contributed by atoms with Crippen LogP contribution in [0, 0.1) is 0 Å². The molecule has 1 saturated heterocycles. The van der Waals surface area contributed by atoms with Crippen molar-refractivity contribution >= 4 is 45.0 Å². The molecule has 0 bridgehead atoms. The molecule has 0 atom stereocenters. The van der Waals surface area contributed by atoms with Crippen molar-refractivity contribution in [3.63, 3.8) is 0 Å². The predicted octanol–water partition coefficient (Wildman–Crippen LogP) is 3.38. The molecule has 0 radical (unpaired) electrons. The average molecular weight is 627 g/mol. The van der Waals surface area contributed by atoms with Gasteiger partial charge in [-0.3, -0.25) is 9.48 Å². The van der Waals surface area contributed by atoms with Crippen LogP contribution in [-0.4, -0.2) is 78.7 Å². The zero-order valence-corrected chi connectivity index (χ0v) is 24.1. The van der Waals surface area contributed by atoms with Crippen molar-refractivity contribution in [2.24, 2.45) is 7.05 Å². The van der Waals surface area contributed by atoms with E-state index in [0.29, 0.717) is 17.7 Å². The molecule has 0 spiro atoms. The van der Waals surface area contributed by atoms with Crippen molar-refractivity contribution in [1.29, 1.82) is 0 Å². The Balaban J connectivity index is 1.31. The second-order valence-electron chi connectivity index (χ2n) is 9.67. The van der Waals surface area contributed by atoms with Crippen LogP contribution in [-0.2, 0) is 34.4 Å². The zero-order valence-electron chi connectivity index (χ0n) is 22.6. The zero-order chi connectivity index (χ0) is 30.4. The summed E-state index contributed by atoms with van der Waals surface area (Å²) in [5.41, 5.74) is 0.340. The molecular weight excluding hydrogens is 601 g/mol. The van der Waals surface area contributed by atoms with E-state index in [1.807, 2.05) is 0 Å². The number of esters is 1. The van der Waals surface area contributed by atoms with Crippen LogP contribution < -0.4 is 9.80 Å². The number of carbonyl (C=O) groups excluding carboxylic acids is 2. The quantitative estimate of drug-likeness (QED) is 0.302. The number of aryl methyl sites for hydroxylation is 1. The number of carbonyl (C=O) groups is 2. The van der Waals surface area contributed by atoms with Gasteiger partial charge in [0.1, 0.15) is 11.0 Å². The Morgan fingerprint density at radius 1 is 1.07 bits per heavy atom. The number of fused-ring (bicyclic) bond motifs is 1. The third kappa shape index (κ3) is 5.55. The molecule has 0 aliphatic carbocycles. The monoisotopic (exact) mass is 626 g/mol. The van der Waals surface area contributed by atoms with E-state index < -0.39 is 33.6 Å². The smallest absolute Gasteiger partial charge is 0.416 e. The minimum Gasteiger partial charge on any atom is -0.461 e. The largest absolute Gasteiger partial charge is 0.461 e. The standard InChI is InChI=1S/C26H26ClF3N6O5S/c1-3-41-25(38)23-19(15-31-33(23)2)24(37)36-7-6-16-12-18(4-5-20(16)36)42(39,40)35-10-8-34(9-11-35)22-14-17(26(28,29)30)13-21(27)32-22/h4-5,12-15H,3,6-11H2,1-2H3. The van der Waals surface area contributed by atoms with Crippen molar-refractivity contribution in [2.45, 2.75) is 24.4 Å². The number of anilines is 2. The number of aromatic nitrogens is 3. The van der Waals surface area contributed by atoms with E-state index in [0.717, 1.165) is 12.1 Å². The molecule has 4 heterocycles. The Kier molecular flexibility index (Phi) is 7.94. The van der Waals surface area contributed by atoms with Gasteiger partial charge in [-0.15, -0.1) is 0 Å². The van der Waals surface area contributed by atoms with Crippen molar-refractivity contribution in [2.75, 3.05) is 49.1 Å². The molecule has 5 rings (SSSR count). The summed E-state index contributed by atoms with van der Waals surface area (Å²) in [6.45, 7) is 2.35. The number of sulfonamides is 1. The average Bonchev–Trinajstić information content (AvgIpc) is 3.55. The van der Waals surface area contributed by atoms with Gasteiger partial charge in [-0.05, 0) is 49.2 Å². The summed E-state index contributed by atoms with van der Waals surface area (Å²) in [5, 5.41) is 3.73. The third-order valence-corrected chi connectivity index (χ3v) is 9.23. The highest BCUT2D eigenvalue weighted by Crippen LogP contribution is 2.35. The summed E-state index contributed by atoms with van der Waals surface area (Å²) in [6, 6.07) is 6.12. The van der Waals surface area contributed by atoms with Crippen LogP contribution in [0.3, 0.4) is 0 Å². The van der Waals surface area contributed by atoms with E-state index >= 15 is 0 Å². The van der Waals surface area contributed by atoms with Crippen molar-refractivity contribution in [3.8, 4) is 0 Å². The maximum Gasteiger partial charge on any atom is 0.416 e. The first-order chi connectivity index (χ1) is 19.8. The van der Waals surface area contributed by atoms with Gasteiger partial charge >= 0.3 is 12.1 Å². The van der Waals surface area contributed by atoms with Gasteiger partial charge < -0.3 is 14.5 Å². The Hall–Kier alpha value is -3.69. The van der Waals surface area contributed by atoms with E-state index in [1.165, 1.54) is 39.3 Å². The molecule has 2 aliphatic rings. The molecule has 2 aliphatic heterocycles. The number of pyridine rings is 1. The fraction of sp³-hybridized carbons (Fsp3) is 0.385. The summed E-state index contributed by atoms with van der Waals surface area (Å²) in [5.74, 6) is -1.11. The van der Waals surface area contributed by atoms with Crippen molar-refractivity contribution in [3.05, 3.63) is 64.1 Å². The Labute approximate surface area is 244 Å². The fourth-order valence-corrected chi connectivity index (χ4v) is 6.72. The number of hydrogen-bond acceptors (Lipinski definition) is 8. The summed E-state index contributed by atoms with van der Waals surface area (Å²) in [7, 11) is -2.41. The molecule has 2 aromatic heterocycles. The number of nitrogens with zero attached hydrogens (tertiary/aromatic N) is 6. The lowest BCUT2D eigenvalue weighted by atomic mass is 10.1. The van der Waals surface area contributed by atoms with Gasteiger partial charge in [-0.2, -0.15) is 22.6 Å². The number of amides is 1. The van der Waals surface area contributed by atoms with Crippen molar-refractivity contribution < 1.29 is 35.9 Å². The van der Waals surface area contributed by atoms with E-state index in [4.69, 9.17) is 16.3 Å². The number of alkyl halides is 3. The fourth-order valence-electron chi connectivity index (χ4n) is 5.05. The summed E-state index contributed by atoms with van der Waals surface area (Å²) >= 11 is 5.81. The van der Waals surface area contributed by atoms with Gasteiger partial charge in [0.05, 0.1) is 28.8 Å². The normalized spacial score (nSPS) is 16.0. The Morgan fingerprint density at radius 2 is 1.79 bits per heavy atom. The van der Waals surface area contributed by atoms with Gasteiger partial charge in [-0.25, -0.2) is 18.2 Å². The van der Waals surface area contributed by atoms with E-state index in [1.54, 1.807) is 17.9 Å². The van der Waals surface area contributed by atoms with Gasteiger partial charge in [0.25, 0.3) is 5.91 Å². The van der Waals surface area contributed by atoms with Crippen LogP contribution >= 0.6 is 11.6 Å². The number of hydrogen-bond donors (Lipinski definition) is 0. The number of ether oxygens (including phenoxy) is 1. The maximum atomic E-state index is 13.5. The highest BCUT2D eigenvalue weighted by Gasteiger charge is 2.35. The third-order valence-electron chi connectivity index (χ3n) is 7.14. The first kappa shape index (κ1) is 29.8. The minimum absolute atomic E-state index is 0.0221. The van der Waals surface area contributed by atoms with Crippen LogP contribution in [0.5, 0.6) is 0 Å². The number of rotatable bonds is 6. The van der Waals surface area contributed by atoms with Gasteiger partial charge in [-0.1, -0.05) is 11.6 Å². The molecule has 0 unspecified atom stereocenters. The summed E-state index contributed by atoms with van der Waals surface area (Å²) in [6.07, 6.45) is -2.90. The topological polar surface area (TPSA) is 118 Å². The maximum absolute atomic E-state index is 13.5. The number of halogens is 4. The van der Waals surface area contributed by atoms with Crippen LogP contribution in [0.15, 0.2) is 41.4 Å². The molecular formula is C26H26ClF3N6O5S. The van der Waals surface area contributed by atoms with Gasteiger partial charge in [0.2, 0.25) is 10.0 Å². The minimum atomic E-state index is -4.60. The SMILES string of the molecule is CCOC(=O)c1c(C(=O)N2CCc3cc(S(=O)(=O)N4CCN(c5cc(C(F)(F)F)cc(Cl)n5)CC4)ccc32)cnn1C. The lowest BCUT2D eigenvalue weighted by Gasteiger charge is -2.35. The van der Waals surface area contributed by atoms with Gasteiger partial charge in [0, 0.05) is 45.5 Å². The van der Waals surface area contributed by atoms with Crippen LogP contribution in [0.25, 0.3) is 0 Å². The number of piperazine rings is 1. The second kappa shape index (κ2) is 11.2. The first-order valence-corrected chi connectivity index (χ1v) is 14.8. The lowest BCUT2D eigenvalue weighted by molar-refractivity contribution is -0.137. The van der Waals surface area contributed by atoms with Crippen LogP contribution in [0.2, 0.25) is 5.15 Å². The van der Waals surface area contributed by atoms with E-state index in [9.17, 15) is 31.2 Å². The van der Waals surface area contributed by atoms with Gasteiger partial charge in [0.15, 0.2) is 5.69 Å². The second-order valence-corrected chi connectivity index (χ2v) is 12.0. The molecule has 16 heteroatoms. The molecule has 42 heavy (non-hydrogen) atoms. The molecule has 224 valence electrons. The summed E-state index contributed by atoms with van der Waals surface area (Å²) in [4.78, 5) is 32.8. The Bertz CT molecular complexity index is 1650. The molecule has 1 fully saturated rings. The molecule has 1 aromatic carbocycles. The molecule has 0 N–H and O–H groups in total. The predicted molar refractivity (Wildman–Crippen MR) is 146 cm³/mol. The molecule has 0 saturated carbocycles. The van der Waals surface area contributed by atoms with E-state index in [2.05, 4.69) is 10.1 Å². The Morgan fingerprint density at radius 3 is 2.45 bits per heavy atom. The highest BCUT2D eigenvalue weighted by atomic mass is 35.5. The lowest BCUT2D eigenvalue weighted by Crippen LogP contribution is -2.49.